The summed E-state index contributed by atoms with van der Waals surface area (Å²) in [6.07, 6.45) is 3.63. The zero-order chi connectivity index (χ0) is 26.7. The van der Waals surface area contributed by atoms with Crippen molar-refractivity contribution in [2.75, 3.05) is 58.5 Å². The summed E-state index contributed by atoms with van der Waals surface area (Å²) in [7, 11) is 1.59. The molecule has 0 radical (unpaired) electrons. The second kappa shape index (κ2) is 13.5. The number of aromatic nitrogens is 2. The number of anilines is 1. The van der Waals surface area contributed by atoms with Crippen LogP contribution in [0.5, 0.6) is 11.5 Å². The lowest BCUT2D eigenvalue weighted by Gasteiger charge is -2.29. The number of morpholine rings is 1. The summed E-state index contributed by atoms with van der Waals surface area (Å²) in [5.41, 5.74) is 3.02. The van der Waals surface area contributed by atoms with Gasteiger partial charge in [-0.05, 0) is 35.4 Å². The van der Waals surface area contributed by atoms with E-state index in [9.17, 15) is 14.7 Å². The molecular formula is C27H33N5O6. The van der Waals surface area contributed by atoms with Crippen molar-refractivity contribution in [2.24, 2.45) is 0 Å². The molecule has 11 nitrogen and oxygen atoms in total. The molecule has 202 valence electrons. The van der Waals surface area contributed by atoms with Crippen molar-refractivity contribution in [2.45, 2.75) is 13.0 Å². The Kier molecular flexibility index (Phi) is 9.54. The summed E-state index contributed by atoms with van der Waals surface area (Å²) >= 11 is 0. The summed E-state index contributed by atoms with van der Waals surface area (Å²) in [5, 5.41) is 19.0. The highest BCUT2D eigenvalue weighted by Crippen LogP contribution is 2.31. The number of rotatable bonds is 11. The van der Waals surface area contributed by atoms with Crippen LogP contribution < -0.4 is 14.8 Å². The van der Waals surface area contributed by atoms with Gasteiger partial charge in [0.2, 0.25) is 5.91 Å². The molecule has 1 aliphatic rings. The molecule has 0 saturated carbocycles. The van der Waals surface area contributed by atoms with Crippen LogP contribution in [0, 0.1) is 0 Å². The van der Waals surface area contributed by atoms with Crippen molar-refractivity contribution in [3.63, 3.8) is 0 Å². The average molecular weight is 524 g/mol. The number of ether oxygens (including phenoxy) is 3. The fraction of sp³-hybridized carbons (Fsp3) is 0.370. The Morgan fingerprint density at radius 2 is 2.03 bits per heavy atom. The van der Waals surface area contributed by atoms with Crippen molar-refractivity contribution in [1.29, 1.82) is 0 Å². The van der Waals surface area contributed by atoms with Crippen LogP contribution in [0.3, 0.4) is 0 Å². The number of aliphatic hydroxyl groups is 1. The van der Waals surface area contributed by atoms with Crippen molar-refractivity contribution in [3.05, 3.63) is 60.4 Å². The fourth-order valence-corrected chi connectivity index (χ4v) is 4.13. The molecule has 3 aromatic rings. The number of aliphatic hydroxyl groups excluding tert-OH is 1. The summed E-state index contributed by atoms with van der Waals surface area (Å²) in [5.74, 6) is 1.08. The molecule has 4 rings (SSSR count). The molecule has 38 heavy (non-hydrogen) atoms. The van der Waals surface area contributed by atoms with E-state index in [1.54, 1.807) is 41.4 Å². The van der Waals surface area contributed by atoms with E-state index in [0.717, 1.165) is 16.7 Å². The lowest BCUT2D eigenvalue weighted by molar-refractivity contribution is -0.135. The molecule has 1 aromatic heterocycles. The number of H-pyrrole nitrogens is 1. The molecule has 2 aromatic carbocycles. The number of benzene rings is 2. The molecule has 0 spiro atoms. The topological polar surface area (TPSA) is 129 Å². The average Bonchev–Trinajstić information content (AvgIpc) is 3.50. The van der Waals surface area contributed by atoms with Crippen LogP contribution >= 0.6 is 0 Å². The van der Waals surface area contributed by atoms with E-state index in [1.165, 1.54) is 0 Å². The van der Waals surface area contributed by atoms with Crippen LogP contribution in [0.1, 0.15) is 12.0 Å². The Morgan fingerprint density at radius 1 is 1.18 bits per heavy atom. The Hall–Kier alpha value is -4.09. The van der Waals surface area contributed by atoms with Crippen LogP contribution in [-0.4, -0.2) is 90.2 Å². The minimum Gasteiger partial charge on any atom is -0.497 e. The predicted octanol–water partition coefficient (Wildman–Crippen LogP) is 2.74. The Bertz CT molecular complexity index is 1200. The van der Waals surface area contributed by atoms with Crippen molar-refractivity contribution in [3.8, 4) is 22.6 Å². The molecular weight excluding hydrogens is 490 g/mol. The van der Waals surface area contributed by atoms with E-state index in [0.29, 0.717) is 43.5 Å². The summed E-state index contributed by atoms with van der Waals surface area (Å²) in [6, 6.07) is 12.5. The van der Waals surface area contributed by atoms with Gasteiger partial charge in [0.05, 0.1) is 38.8 Å². The molecule has 3 N–H and O–H groups in total. The second-order valence-corrected chi connectivity index (χ2v) is 8.72. The first kappa shape index (κ1) is 27.0. The van der Waals surface area contributed by atoms with Gasteiger partial charge < -0.3 is 34.4 Å². The number of aromatic amines is 1. The number of carbonyl (C=O) groups excluding carboxylic acids is 2. The number of nitrogens with zero attached hydrogens (tertiary/aromatic N) is 3. The maximum atomic E-state index is 13.5. The van der Waals surface area contributed by atoms with Crippen molar-refractivity contribution >= 4 is 17.6 Å². The minimum absolute atomic E-state index is 0.0202. The molecule has 0 unspecified atom stereocenters. The maximum absolute atomic E-state index is 13.5. The van der Waals surface area contributed by atoms with Gasteiger partial charge in [-0.1, -0.05) is 18.2 Å². The zero-order valence-electron chi connectivity index (χ0n) is 21.4. The van der Waals surface area contributed by atoms with Crippen LogP contribution in [0.2, 0.25) is 0 Å². The smallest absolute Gasteiger partial charge is 0.322 e. The van der Waals surface area contributed by atoms with Crippen LogP contribution in [-0.2, 0) is 16.1 Å². The standard InChI is InChI=1S/C27H33N5O6/c1-36-23-4-2-3-20(15-23)19-32(8-7-26(34)31-9-12-37-13-10-31)27(35)30-24-6-5-21(22-17-28-29-18-22)16-25(24)38-14-11-33/h2-6,15-18,33H,7-14,19H2,1H3,(H,28,29)(H,30,35). The summed E-state index contributed by atoms with van der Waals surface area (Å²) in [6.45, 7) is 2.54. The fourth-order valence-electron chi connectivity index (χ4n) is 4.13. The lowest BCUT2D eigenvalue weighted by Crippen LogP contribution is -2.43. The van der Waals surface area contributed by atoms with Crippen molar-refractivity contribution < 1.29 is 28.9 Å². The highest BCUT2D eigenvalue weighted by atomic mass is 16.5. The first-order valence-corrected chi connectivity index (χ1v) is 12.5. The molecule has 3 amide bonds. The Morgan fingerprint density at radius 3 is 2.76 bits per heavy atom. The molecule has 0 atom stereocenters. The van der Waals surface area contributed by atoms with Gasteiger partial charge in [0, 0.05) is 44.4 Å². The van der Waals surface area contributed by atoms with Gasteiger partial charge in [0.15, 0.2) is 0 Å². The van der Waals surface area contributed by atoms with Gasteiger partial charge in [0.25, 0.3) is 0 Å². The van der Waals surface area contributed by atoms with E-state index >= 15 is 0 Å². The molecule has 1 aliphatic heterocycles. The Balaban J connectivity index is 1.52. The number of nitrogens with one attached hydrogen (secondary N) is 2. The summed E-state index contributed by atoms with van der Waals surface area (Å²) in [4.78, 5) is 29.7. The Labute approximate surface area is 221 Å². The second-order valence-electron chi connectivity index (χ2n) is 8.72. The molecule has 1 fully saturated rings. The van der Waals surface area contributed by atoms with Gasteiger partial charge in [-0.25, -0.2) is 4.79 Å². The molecule has 1 saturated heterocycles. The molecule has 2 heterocycles. The molecule has 11 heteroatoms. The van der Waals surface area contributed by atoms with Gasteiger partial charge in [-0.3, -0.25) is 9.89 Å². The number of amides is 3. The number of hydrogen-bond acceptors (Lipinski definition) is 7. The van der Waals surface area contributed by atoms with E-state index in [1.807, 2.05) is 30.3 Å². The largest absolute Gasteiger partial charge is 0.497 e. The third kappa shape index (κ3) is 7.24. The number of urea groups is 1. The van der Waals surface area contributed by atoms with E-state index in [-0.39, 0.29) is 44.7 Å². The van der Waals surface area contributed by atoms with E-state index in [2.05, 4.69) is 15.5 Å². The van der Waals surface area contributed by atoms with E-state index in [4.69, 9.17) is 14.2 Å². The first-order valence-electron chi connectivity index (χ1n) is 12.5. The van der Waals surface area contributed by atoms with Gasteiger partial charge >= 0.3 is 6.03 Å². The monoisotopic (exact) mass is 523 g/mol. The molecule has 0 bridgehead atoms. The van der Waals surface area contributed by atoms with E-state index < -0.39 is 0 Å². The normalized spacial score (nSPS) is 13.2. The van der Waals surface area contributed by atoms with Gasteiger partial charge in [0.1, 0.15) is 18.1 Å². The van der Waals surface area contributed by atoms with Crippen LogP contribution in [0.4, 0.5) is 10.5 Å². The maximum Gasteiger partial charge on any atom is 0.322 e. The lowest BCUT2D eigenvalue weighted by atomic mass is 10.1. The third-order valence-electron chi connectivity index (χ3n) is 6.16. The van der Waals surface area contributed by atoms with Gasteiger partial charge in [-0.2, -0.15) is 5.10 Å². The van der Waals surface area contributed by atoms with Gasteiger partial charge in [-0.15, -0.1) is 0 Å². The quantitative estimate of drug-likeness (QED) is 0.352. The predicted molar refractivity (Wildman–Crippen MR) is 141 cm³/mol. The van der Waals surface area contributed by atoms with Crippen molar-refractivity contribution in [1.82, 2.24) is 20.0 Å². The molecule has 0 aliphatic carbocycles. The third-order valence-corrected chi connectivity index (χ3v) is 6.16. The SMILES string of the molecule is COc1cccc(CN(CCC(=O)N2CCOCC2)C(=O)Nc2ccc(-c3cn[nH]c3)cc2OCCO)c1. The summed E-state index contributed by atoms with van der Waals surface area (Å²) < 4.78 is 16.4. The first-order chi connectivity index (χ1) is 18.6. The van der Waals surface area contributed by atoms with Crippen LogP contribution in [0.15, 0.2) is 54.9 Å². The minimum atomic E-state index is -0.382. The zero-order valence-corrected chi connectivity index (χ0v) is 21.4. The number of carbonyl (C=O) groups is 2. The highest BCUT2D eigenvalue weighted by Gasteiger charge is 2.21. The number of hydrogen-bond donors (Lipinski definition) is 3. The number of methoxy groups -OCH3 is 1. The van der Waals surface area contributed by atoms with Crippen LogP contribution in [0.25, 0.3) is 11.1 Å². The highest BCUT2D eigenvalue weighted by molar-refractivity contribution is 5.92.